The zero-order valence-corrected chi connectivity index (χ0v) is 14.7. The summed E-state index contributed by atoms with van der Waals surface area (Å²) in [6.45, 7) is 2.49. The topological polar surface area (TPSA) is 49.6 Å². The average molecular weight is 339 g/mol. The van der Waals surface area contributed by atoms with E-state index in [9.17, 15) is 4.79 Å². The highest BCUT2D eigenvalue weighted by Crippen LogP contribution is 2.38. The quantitative estimate of drug-likeness (QED) is 0.812. The third-order valence-corrected chi connectivity index (χ3v) is 5.50. The Morgan fingerprint density at radius 3 is 2.88 bits per heavy atom. The molecule has 0 N–H and O–H groups in total. The molecule has 5 nitrogen and oxygen atoms in total. The first-order valence-corrected chi connectivity index (χ1v) is 9.18. The van der Waals surface area contributed by atoms with Gasteiger partial charge in [-0.25, -0.2) is 0 Å². The van der Waals surface area contributed by atoms with Crippen molar-refractivity contribution in [2.75, 3.05) is 20.1 Å². The van der Waals surface area contributed by atoms with Crippen LogP contribution in [0.4, 0.5) is 0 Å². The summed E-state index contributed by atoms with van der Waals surface area (Å²) < 4.78 is 5.41. The first-order valence-electron chi connectivity index (χ1n) is 9.18. The lowest BCUT2D eigenvalue weighted by molar-refractivity contribution is 0.0693. The molecule has 0 unspecified atom stereocenters. The molecule has 2 aliphatic rings. The largest absolute Gasteiger partial charge is 0.359 e. The number of rotatable bonds is 6. The lowest BCUT2D eigenvalue weighted by Gasteiger charge is -2.25. The van der Waals surface area contributed by atoms with Crippen LogP contribution < -0.4 is 0 Å². The van der Waals surface area contributed by atoms with Crippen molar-refractivity contribution in [1.82, 2.24) is 15.0 Å². The van der Waals surface area contributed by atoms with Gasteiger partial charge in [-0.2, -0.15) is 0 Å². The first-order chi connectivity index (χ1) is 12.2. The summed E-state index contributed by atoms with van der Waals surface area (Å²) in [6.07, 6.45) is 4.57. The smallest absolute Gasteiger partial charge is 0.276 e. The van der Waals surface area contributed by atoms with Gasteiger partial charge in [-0.05, 0) is 44.2 Å². The predicted octanol–water partition coefficient (Wildman–Crippen LogP) is 2.97. The molecule has 1 saturated carbocycles. The normalized spacial score (nSPS) is 22.1. The third kappa shape index (κ3) is 3.61. The summed E-state index contributed by atoms with van der Waals surface area (Å²) in [7, 11) is 2.06. The molecule has 5 heteroatoms. The number of amides is 1. The van der Waals surface area contributed by atoms with Crippen molar-refractivity contribution in [2.24, 2.45) is 5.92 Å². The van der Waals surface area contributed by atoms with E-state index in [2.05, 4.69) is 41.4 Å². The minimum atomic E-state index is 0.0362. The molecule has 1 aliphatic heterocycles. The van der Waals surface area contributed by atoms with Crippen molar-refractivity contribution >= 4 is 5.91 Å². The molecule has 2 heterocycles. The fraction of sp³-hybridized carbons (Fsp3) is 0.500. The number of benzene rings is 1. The number of aromatic nitrogens is 1. The van der Waals surface area contributed by atoms with Crippen molar-refractivity contribution in [3.63, 3.8) is 0 Å². The highest BCUT2D eigenvalue weighted by atomic mass is 16.5. The summed E-state index contributed by atoms with van der Waals surface area (Å²) in [4.78, 5) is 16.8. The molecular weight excluding hydrogens is 314 g/mol. The fourth-order valence-corrected chi connectivity index (χ4v) is 4.12. The molecule has 1 aromatic carbocycles. The van der Waals surface area contributed by atoms with Crippen LogP contribution in [0.2, 0.25) is 0 Å². The van der Waals surface area contributed by atoms with Gasteiger partial charge >= 0.3 is 0 Å². The Kier molecular flexibility index (Phi) is 4.57. The summed E-state index contributed by atoms with van der Waals surface area (Å²) in [5.74, 6) is 1.49. The van der Waals surface area contributed by atoms with Gasteiger partial charge in [0.25, 0.3) is 5.91 Å². The van der Waals surface area contributed by atoms with E-state index >= 15 is 0 Å². The van der Waals surface area contributed by atoms with E-state index < -0.39 is 0 Å². The number of carbonyl (C=O) groups excluding carboxylic acids is 1. The molecule has 1 saturated heterocycles. The van der Waals surface area contributed by atoms with Crippen molar-refractivity contribution in [2.45, 2.75) is 38.3 Å². The van der Waals surface area contributed by atoms with E-state index in [-0.39, 0.29) is 5.91 Å². The summed E-state index contributed by atoms with van der Waals surface area (Å²) in [5.41, 5.74) is 1.78. The molecule has 2 aromatic rings. The van der Waals surface area contributed by atoms with Crippen molar-refractivity contribution < 1.29 is 9.32 Å². The van der Waals surface area contributed by atoms with Crippen molar-refractivity contribution in [3.05, 3.63) is 53.4 Å². The van der Waals surface area contributed by atoms with Crippen LogP contribution >= 0.6 is 0 Å². The second-order valence-electron chi connectivity index (χ2n) is 7.44. The van der Waals surface area contributed by atoms with Gasteiger partial charge in [0.05, 0.1) is 6.54 Å². The maximum absolute atomic E-state index is 12.6. The Balaban J connectivity index is 1.31. The first kappa shape index (κ1) is 16.3. The third-order valence-electron chi connectivity index (χ3n) is 5.50. The monoisotopic (exact) mass is 339 g/mol. The maximum atomic E-state index is 12.6. The second kappa shape index (κ2) is 7.00. The molecule has 1 aromatic heterocycles. The Morgan fingerprint density at radius 2 is 2.16 bits per heavy atom. The number of piperidine rings is 1. The SMILES string of the molecule is CN(CCc1ccccc1)Cc1cc(C(=O)N2C[C@H]3CC[C@H]2C3)no1. The molecule has 4 rings (SSSR count). The summed E-state index contributed by atoms with van der Waals surface area (Å²) in [6, 6.07) is 12.7. The van der Waals surface area contributed by atoms with Gasteiger partial charge in [0.1, 0.15) is 0 Å². The van der Waals surface area contributed by atoms with Crippen molar-refractivity contribution in [1.29, 1.82) is 0 Å². The van der Waals surface area contributed by atoms with Crippen LogP contribution in [-0.2, 0) is 13.0 Å². The zero-order chi connectivity index (χ0) is 17.2. The van der Waals surface area contributed by atoms with E-state index in [1.54, 1.807) is 0 Å². The molecule has 1 aliphatic carbocycles. The average Bonchev–Trinajstić information content (AvgIpc) is 3.37. The Labute approximate surface area is 148 Å². The molecule has 25 heavy (non-hydrogen) atoms. The Morgan fingerprint density at radius 1 is 1.32 bits per heavy atom. The Bertz CT molecular complexity index is 728. The molecular formula is C20H25N3O2. The van der Waals surface area contributed by atoms with Crippen LogP contribution in [0.15, 0.2) is 40.9 Å². The van der Waals surface area contributed by atoms with E-state index in [0.717, 1.165) is 31.7 Å². The minimum absolute atomic E-state index is 0.0362. The van der Waals surface area contributed by atoms with Gasteiger partial charge in [0.2, 0.25) is 0 Å². The van der Waals surface area contributed by atoms with Crippen LogP contribution in [0.1, 0.15) is 41.1 Å². The highest BCUT2D eigenvalue weighted by molar-refractivity contribution is 5.92. The predicted molar refractivity (Wildman–Crippen MR) is 95.1 cm³/mol. The van der Waals surface area contributed by atoms with E-state index in [4.69, 9.17) is 4.52 Å². The number of likely N-dealkylation sites (tertiary alicyclic amines) is 1. The zero-order valence-electron chi connectivity index (χ0n) is 14.7. The van der Waals surface area contributed by atoms with Gasteiger partial charge in [0, 0.05) is 25.2 Å². The van der Waals surface area contributed by atoms with Crippen LogP contribution in [-0.4, -0.2) is 47.0 Å². The standard InChI is InChI=1S/C20H25N3O2/c1-22(10-9-15-5-3-2-4-6-15)14-18-12-19(21-25-18)20(24)23-13-16-7-8-17(23)11-16/h2-6,12,16-17H,7-11,13-14H2,1H3/t16-,17-/m0/s1. The summed E-state index contributed by atoms with van der Waals surface area (Å²) >= 11 is 0. The summed E-state index contributed by atoms with van der Waals surface area (Å²) in [5, 5.41) is 4.02. The number of likely N-dealkylation sites (N-methyl/N-ethyl adjacent to an activating group) is 1. The van der Waals surface area contributed by atoms with Crippen LogP contribution in [0, 0.1) is 5.92 Å². The number of nitrogens with zero attached hydrogens (tertiary/aromatic N) is 3. The van der Waals surface area contributed by atoms with Crippen molar-refractivity contribution in [3.8, 4) is 0 Å². The highest BCUT2D eigenvalue weighted by Gasteiger charge is 2.41. The molecule has 1 amide bonds. The van der Waals surface area contributed by atoms with Gasteiger partial charge in [-0.1, -0.05) is 35.5 Å². The molecule has 132 valence electrons. The lowest BCUT2D eigenvalue weighted by atomic mass is 10.1. The number of carbonyl (C=O) groups is 1. The van der Waals surface area contributed by atoms with Gasteiger partial charge in [-0.3, -0.25) is 9.69 Å². The maximum Gasteiger partial charge on any atom is 0.276 e. The number of fused-ring (bicyclic) bond motifs is 2. The number of hydrogen-bond acceptors (Lipinski definition) is 4. The van der Waals surface area contributed by atoms with Crippen LogP contribution in [0.3, 0.4) is 0 Å². The second-order valence-corrected chi connectivity index (χ2v) is 7.44. The van der Waals surface area contributed by atoms with E-state index in [1.165, 1.54) is 18.4 Å². The molecule has 0 spiro atoms. The fourth-order valence-electron chi connectivity index (χ4n) is 4.12. The molecule has 2 atom stereocenters. The minimum Gasteiger partial charge on any atom is -0.359 e. The molecule has 0 radical (unpaired) electrons. The Hall–Kier alpha value is -2.14. The number of hydrogen-bond donors (Lipinski definition) is 0. The van der Waals surface area contributed by atoms with Gasteiger partial charge in [0.15, 0.2) is 11.5 Å². The van der Waals surface area contributed by atoms with E-state index in [0.29, 0.717) is 24.2 Å². The van der Waals surface area contributed by atoms with Crippen LogP contribution in [0.5, 0.6) is 0 Å². The van der Waals surface area contributed by atoms with E-state index in [1.807, 2.05) is 17.0 Å². The molecule has 2 fully saturated rings. The lowest BCUT2D eigenvalue weighted by Crippen LogP contribution is -2.37. The van der Waals surface area contributed by atoms with Gasteiger partial charge < -0.3 is 9.42 Å². The van der Waals surface area contributed by atoms with Crippen LogP contribution in [0.25, 0.3) is 0 Å². The molecule has 2 bridgehead atoms. The van der Waals surface area contributed by atoms with Gasteiger partial charge in [-0.15, -0.1) is 0 Å².